The van der Waals surface area contributed by atoms with E-state index in [0.29, 0.717) is 25.0 Å². The fraction of sp³-hybridized carbons (Fsp3) is 0.909. The largest absolute Gasteiger partial charge is 0.350 e. The highest BCUT2D eigenvalue weighted by molar-refractivity contribution is 5.85. The highest BCUT2D eigenvalue weighted by Crippen LogP contribution is 2.51. The third-order valence-corrected chi connectivity index (χ3v) is 6.93. The van der Waals surface area contributed by atoms with E-state index in [1.807, 2.05) is 0 Å². The second kappa shape index (κ2) is 9.40. The lowest BCUT2D eigenvalue weighted by atomic mass is 9.95. The van der Waals surface area contributed by atoms with E-state index in [1.165, 1.54) is 12.8 Å². The monoisotopic (exact) mass is 377 g/mol. The van der Waals surface area contributed by atoms with Crippen molar-refractivity contribution in [3.8, 4) is 0 Å². The van der Waals surface area contributed by atoms with E-state index in [9.17, 15) is 9.59 Å². The van der Waals surface area contributed by atoms with Crippen LogP contribution >= 0.6 is 0 Å². The van der Waals surface area contributed by atoms with Crippen molar-refractivity contribution in [2.24, 2.45) is 5.41 Å². The molecule has 3 aliphatic rings. The number of carbonyl (C=O) groups is 2. The molecule has 1 aliphatic carbocycles. The lowest BCUT2D eigenvalue weighted by Crippen LogP contribution is -2.51. The van der Waals surface area contributed by atoms with Crippen LogP contribution in [0, 0.1) is 5.41 Å². The lowest BCUT2D eigenvalue weighted by molar-refractivity contribution is -0.138. The summed E-state index contributed by atoms with van der Waals surface area (Å²) in [5.41, 5.74) is -0.0608. The summed E-state index contributed by atoms with van der Waals surface area (Å²) in [6.07, 6.45) is 12.3. The molecule has 3 fully saturated rings. The molecule has 3 rings (SSSR count). The minimum Gasteiger partial charge on any atom is -0.350 e. The molecule has 0 aromatic heterocycles. The Morgan fingerprint density at radius 3 is 2.56 bits per heavy atom. The molecule has 0 spiro atoms. The Bertz CT molecular complexity index is 518. The number of nitrogens with zero attached hydrogens (tertiary/aromatic N) is 2. The fourth-order valence-corrected chi connectivity index (χ4v) is 4.88. The van der Waals surface area contributed by atoms with Crippen molar-refractivity contribution in [3.05, 3.63) is 0 Å². The van der Waals surface area contributed by atoms with Crippen LogP contribution in [-0.4, -0.2) is 59.9 Å². The van der Waals surface area contributed by atoms with Crippen molar-refractivity contribution in [2.45, 2.75) is 96.6 Å². The standard InChI is InChI=1S/C22H39N3O2/c1-3-4-11-22(12-13-22)21(27)25-14-7-5-6-10-19(16-25)23-20(26)17-24-15-8-9-18(24)2/h18-19H,3-17H2,1-2H3,(H,23,26). The normalized spacial score (nSPS) is 28.4. The van der Waals surface area contributed by atoms with Gasteiger partial charge in [-0.05, 0) is 58.4 Å². The lowest BCUT2D eigenvalue weighted by Gasteiger charge is -2.33. The third-order valence-electron chi connectivity index (χ3n) is 6.93. The molecule has 154 valence electrons. The van der Waals surface area contributed by atoms with Crippen LogP contribution in [0.4, 0.5) is 0 Å². The molecule has 2 aliphatic heterocycles. The number of carbonyl (C=O) groups excluding carboxylic acids is 2. The van der Waals surface area contributed by atoms with E-state index in [4.69, 9.17) is 0 Å². The Kier molecular flexibility index (Phi) is 7.18. The third kappa shape index (κ3) is 5.46. The van der Waals surface area contributed by atoms with Crippen LogP contribution in [0.3, 0.4) is 0 Å². The molecule has 0 bridgehead atoms. The van der Waals surface area contributed by atoms with Gasteiger partial charge in [0.1, 0.15) is 0 Å². The highest BCUT2D eigenvalue weighted by Gasteiger charge is 2.50. The molecule has 1 saturated carbocycles. The van der Waals surface area contributed by atoms with E-state index in [1.54, 1.807) is 0 Å². The van der Waals surface area contributed by atoms with E-state index >= 15 is 0 Å². The first-order valence-corrected chi connectivity index (χ1v) is 11.4. The molecule has 1 N–H and O–H groups in total. The van der Waals surface area contributed by atoms with Gasteiger partial charge in [0.2, 0.25) is 11.8 Å². The molecule has 0 radical (unpaired) electrons. The zero-order chi connectivity index (χ0) is 19.3. The van der Waals surface area contributed by atoms with Gasteiger partial charge in [0.15, 0.2) is 0 Å². The molecular formula is C22H39N3O2. The number of nitrogens with one attached hydrogen (secondary N) is 1. The van der Waals surface area contributed by atoms with Gasteiger partial charge in [0, 0.05) is 30.6 Å². The maximum atomic E-state index is 13.2. The summed E-state index contributed by atoms with van der Waals surface area (Å²) < 4.78 is 0. The SMILES string of the molecule is CCCCC1(C(=O)N2CCCCCC(NC(=O)CN3CCCC3C)C2)CC1. The molecule has 27 heavy (non-hydrogen) atoms. The predicted molar refractivity (Wildman–Crippen MR) is 108 cm³/mol. The first kappa shape index (κ1) is 20.6. The summed E-state index contributed by atoms with van der Waals surface area (Å²) in [4.78, 5) is 30.2. The molecule has 5 heteroatoms. The molecule has 0 aromatic carbocycles. The summed E-state index contributed by atoms with van der Waals surface area (Å²) in [6.45, 7) is 7.51. The number of likely N-dealkylation sites (tertiary alicyclic amines) is 2. The Morgan fingerprint density at radius 2 is 1.89 bits per heavy atom. The Morgan fingerprint density at radius 1 is 1.07 bits per heavy atom. The van der Waals surface area contributed by atoms with Crippen molar-refractivity contribution in [3.63, 3.8) is 0 Å². The molecule has 2 saturated heterocycles. The Balaban J connectivity index is 1.55. The molecule has 2 heterocycles. The van der Waals surface area contributed by atoms with Crippen molar-refractivity contribution < 1.29 is 9.59 Å². The topological polar surface area (TPSA) is 52.7 Å². The molecule has 0 aromatic rings. The maximum Gasteiger partial charge on any atom is 0.234 e. The molecule has 2 atom stereocenters. The minimum absolute atomic E-state index is 0.0608. The molecule has 2 amide bonds. The zero-order valence-corrected chi connectivity index (χ0v) is 17.5. The second-order valence-electron chi connectivity index (χ2n) is 9.21. The van der Waals surface area contributed by atoms with Gasteiger partial charge in [-0.3, -0.25) is 14.5 Å². The quantitative estimate of drug-likeness (QED) is 0.740. The van der Waals surface area contributed by atoms with Crippen LogP contribution in [0.1, 0.15) is 84.5 Å². The fourth-order valence-electron chi connectivity index (χ4n) is 4.88. The van der Waals surface area contributed by atoms with Crippen molar-refractivity contribution in [1.29, 1.82) is 0 Å². The smallest absolute Gasteiger partial charge is 0.234 e. The number of unbranched alkanes of at least 4 members (excludes halogenated alkanes) is 1. The molecular weight excluding hydrogens is 338 g/mol. The van der Waals surface area contributed by atoms with Crippen LogP contribution in [0.15, 0.2) is 0 Å². The maximum absolute atomic E-state index is 13.2. The zero-order valence-electron chi connectivity index (χ0n) is 17.5. The van der Waals surface area contributed by atoms with Crippen molar-refractivity contribution in [2.75, 3.05) is 26.2 Å². The molecule has 5 nitrogen and oxygen atoms in total. The summed E-state index contributed by atoms with van der Waals surface area (Å²) >= 11 is 0. The second-order valence-corrected chi connectivity index (χ2v) is 9.21. The first-order valence-electron chi connectivity index (χ1n) is 11.4. The van der Waals surface area contributed by atoms with E-state index in [-0.39, 0.29) is 17.4 Å². The van der Waals surface area contributed by atoms with Gasteiger partial charge >= 0.3 is 0 Å². The van der Waals surface area contributed by atoms with Crippen LogP contribution < -0.4 is 5.32 Å². The van der Waals surface area contributed by atoms with Crippen molar-refractivity contribution in [1.82, 2.24) is 15.1 Å². The van der Waals surface area contributed by atoms with Gasteiger partial charge in [-0.15, -0.1) is 0 Å². The number of hydrogen-bond donors (Lipinski definition) is 1. The van der Waals surface area contributed by atoms with Crippen molar-refractivity contribution >= 4 is 11.8 Å². The number of hydrogen-bond acceptors (Lipinski definition) is 3. The highest BCUT2D eigenvalue weighted by atomic mass is 16.2. The van der Waals surface area contributed by atoms with E-state index in [0.717, 1.165) is 70.9 Å². The van der Waals surface area contributed by atoms with Gasteiger partial charge in [0.25, 0.3) is 0 Å². The summed E-state index contributed by atoms with van der Waals surface area (Å²) in [6, 6.07) is 0.626. The Labute approximate surface area is 165 Å². The average Bonchev–Trinajstić information content (AvgIpc) is 3.32. The summed E-state index contributed by atoms with van der Waals surface area (Å²) in [7, 11) is 0. The minimum atomic E-state index is -0.0608. The van der Waals surface area contributed by atoms with Gasteiger partial charge < -0.3 is 10.2 Å². The van der Waals surface area contributed by atoms with E-state index in [2.05, 4.69) is 29.0 Å². The first-order chi connectivity index (χ1) is 13.0. The average molecular weight is 378 g/mol. The predicted octanol–water partition coefficient (Wildman–Crippen LogP) is 3.33. The van der Waals surface area contributed by atoms with Crippen LogP contribution in [0.2, 0.25) is 0 Å². The summed E-state index contributed by atoms with van der Waals surface area (Å²) in [5.74, 6) is 0.499. The van der Waals surface area contributed by atoms with Gasteiger partial charge in [-0.1, -0.05) is 32.6 Å². The van der Waals surface area contributed by atoms with Crippen LogP contribution in [0.5, 0.6) is 0 Å². The Hall–Kier alpha value is -1.10. The van der Waals surface area contributed by atoms with Gasteiger partial charge in [-0.2, -0.15) is 0 Å². The summed E-state index contributed by atoms with van der Waals surface area (Å²) in [5, 5.41) is 3.26. The number of amides is 2. The van der Waals surface area contributed by atoms with Gasteiger partial charge in [0.05, 0.1) is 6.54 Å². The van der Waals surface area contributed by atoms with E-state index < -0.39 is 0 Å². The number of rotatable bonds is 7. The van der Waals surface area contributed by atoms with Crippen LogP contribution in [0.25, 0.3) is 0 Å². The van der Waals surface area contributed by atoms with Gasteiger partial charge in [-0.25, -0.2) is 0 Å². The molecule has 2 unspecified atom stereocenters. The van der Waals surface area contributed by atoms with Crippen LogP contribution in [-0.2, 0) is 9.59 Å².